The van der Waals surface area contributed by atoms with Gasteiger partial charge in [0.1, 0.15) is 0 Å². The summed E-state index contributed by atoms with van der Waals surface area (Å²) in [5.41, 5.74) is 8.04. The zero-order valence-corrected chi connectivity index (χ0v) is 17.5. The lowest BCUT2D eigenvalue weighted by molar-refractivity contribution is 0.541. The van der Waals surface area contributed by atoms with Gasteiger partial charge in [-0.1, -0.05) is 32.4 Å². The van der Waals surface area contributed by atoms with Gasteiger partial charge in [-0.3, -0.25) is 4.99 Å². The van der Waals surface area contributed by atoms with Crippen molar-refractivity contribution in [1.82, 2.24) is 0 Å². The topological polar surface area (TPSA) is 84.5 Å². The van der Waals surface area contributed by atoms with E-state index in [0.717, 1.165) is 24.9 Å². The molecule has 7 heteroatoms. The highest BCUT2D eigenvalue weighted by Gasteiger charge is 2.28. The van der Waals surface area contributed by atoms with Gasteiger partial charge in [-0.15, -0.1) is 24.0 Å². The van der Waals surface area contributed by atoms with Crippen molar-refractivity contribution in [3.8, 4) is 0 Å². The predicted molar refractivity (Wildman–Crippen MR) is 112 cm³/mol. The molecular formula is C17H28IN3O2S. The molecule has 0 saturated carbocycles. The highest BCUT2D eigenvalue weighted by molar-refractivity contribution is 14.0. The lowest BCUT2D eigenvalue weighted by Gasteiger charge is -2.20. The highest BCUT2D eigenvalue weighted by atomic mass is 127. The van der Waals surface area contributed by atoms with Gasteiger partial charge in [0.15, 0.2) is 15.8 Å². The van der Waals surface area contributed by atoms with Crippen molar-refractivity contribution in [1.29, 1.82) is 0 Å². The fraction of sp³-hybridized carbons (Fsp3) is 0.588. The van der Waals surface area contributed by atoms with Crippen LogP contribution in [0.5, 0.6) is 0 Å². The first-order chi connectivity index (χ1) is 10.9. The predicted octanol–water partition coefficient (Wildman–Crippen LogP) is 3.51. The van der Waals surface area contributed by atoms with Crippen LogP contribution in [0.15, 0.2) is 29.3 Å². The summed E-state index contributed by atoms with van der Waals surface area (Å²) in [6.45, 7) is 4.61. The maximum absolute atomic E-state index is 12.0. The van der Waals surface area contributed by atoms with Gasteiger partial charge in [0.05, 0.1) is 17.5 Å². The average Bonchev–Trinajstić information content (AvgIpc) is 2.53. The first-order valence-electron chi connectivity index (χ1n) is 8.31. The molecule has 2 atom stereocenters. The SMILES string of the molecule is CCC(C)c1ccc(NC(N)=NCC2CCCCS2(=O)=O)cc1.I. The van der Waals surface area contributed by atoms with E-state index in [0.29, 0.717) is 12.3 Å². The lowest BCUT2D eigenvalue weighted by atomic mass is 9.99. The molecular weight excluding hydrogens is 437 g/mol. The Morgan fingerprint density at radius 3 is 2.58 bits per heavy atom. The van der Waals surface area contributed by atoms with Crippen LogP contribution in [0.4, 0.5) is 5.69 Å². The van der Waals surface area contributed by atoms with E-state index in [9.17, 15) is 8.42 Å². The molecule has 0 aromatic heterocycles. The van der Waals surface area contributed by atoms with Gasteiger partial charge < -0.3 is 11.1 Å². The monoisotopic (exact) mass is 465 g/mol. The normalized spacial score (nSPS) is 21.6. The molecule has 1 aliphatic heterocycles. The minimum absolute atomic E-state index is 0. The molecule has 2 rings (SSSR count). The van der Waals surface area contributed by atoms with Crippen LogP contribution in [0.25, 0.3) is 0 Å². The Bertz CT molecular complexity index is 644. The van der Waals surface area contributed by atoms with Crippen molar-refractivity contribution in [2.75, 3.05) is 17.6 Å². The Kier molecular flexibility index (Phi) is 8.49. The summed E-state index contributed by atoms with van der Waals surface area (Å²) in [6, 6.07) is 8.10. The van der Waals surface area contributed by atoms with Crippen LogP contribution in [-0.2, 0) is 9.84 Å². The number of hydrogen-bond acceptors (Lipinski definition) is 3. The standard InChI is InChI=1S/C17H27N3O2S.HI/c1-3-13(2)14-7-9-15(10-8-14)20-17(18)19-12-16-6-4-5-11-23(16,21)22;/h7-10,13,16H,3-6,11-12H2,1-2H3,(H3,18,19,20);1H. The second-order valence-electron chi connectivity index (χ2n) is 6.27. The summed E-state index contributed by atoms with van der Waals surface area (Å²) >= 11 is 0. The Hall–Kier alpha value is -0.830. The first kappa shape index (κ1) is 21.2. The second-order valence-corrected chi connectivity index (χ2v) is 8.67. The van der Waals surface area contributed by atoms with Crippen molar-refractivity contribution in [3.05, 3.63) is 29.8 Å². The Morgan fingerprint density at radius 1 is 1.33 bits per heavy atom. The van der Waals surface area contributed by atoms with Gasteiger partial charge in [0, 0.05) is 5.69 Å². The number of aliphatic imine (C=N–C) groups is 1. The molecule has 1 heterocycles. The summed E-state index contributed by atoms with van der Waals surface area (Å²) in [5.74, 6) is 1.08. The Balaban J connectivity index is 0.00000288. The zero-order chi connectivity index (χ0) is 16.9. The molecule has 136 valence electrons. The summed E-state index contributed by atoms with van der Waals surface area (Å²) in [4.78, 5) is 4.22. The van der Waals surface area contributed by atoms with Gasteiger partial charge in [-0.25, -0.2) is 8.42 Å². The molecule has 3 N–H and O–H groups in total. The number of nitrogens with two attached hydrogens (primary N) is 1. The average molecular weight is 465 g/mol. The van der Waals surface area contributed by atoms with Gasteiger partial charge in [0.25, 0.3) is 0 Å². The fourth-order valence-electron chi connectivity index (χ4n) is 2.74. The summed E-state index contributed by atoms with van der Waals surface area (Å²) in [7, 11) is -3.00. The molecule has 1 aliphatic rings. The van der Waals surface area contributed by atoms with Crippen molar-refractivity contribution < 1.29 is 8.42 Å². The Morgan fingerprint density at radius 2 is 2.00 bits per heavy atom. The fourth-order valence-corrected chi connectivity index (χ4v) is 4.51. The first-order valence-corrected chi connectivity index (χ1v) is 10.0. The van der Waals surface area contributed by atoms with Crippen molar-refractivity contribution in [2.24, 2.45) is 10.7 Å². The van der Waals surface area contributed by atoms with Crippen molar-refractivity contribution in [2.45, 2.75) is 50.7 Å². The van der Waals surface area contributed by atoms with Crippen LogP contribution in [0.1, 0.15) is 51.0 Å². The van der Waals surface area contributed by atoms with Gasteiger partial charge in [-0.2, -0.15) is 0 Å². The third-order valence-electron chi connectivity index (χ3n) is 4.54. The summed E-state index contributed by atoms with van der Waals surface area (Å²) in [6.07, 6.45) is 3.50. The van der Waals surface area contributed by atoms with E-state index in [1.165, 1.54) is 5.56 Å². The van der Waals surface area contributed by atoms with Gasteiger partial charge in [0.2, 0.25) is 0 Å². The molecule has 0 radical (unpaired) electrons. The molecule has 0 spiro atoms. The summed E-state index contributed by atoms with van der Waals surface area (Å²) < 4.78 is 23.9. The molecule has 2 unspecified atom stereocenters. The maximum Gasteiger partial charge on any atom is 0.193 e. The number of rotatable bonds is 5. The quantitative estimate of drug-likeness (QED) is 0.396. The van der Waals surface area contributed by atoms with Crippen LogP contribution in [0.3, 0.4) is 0 Å². The van der Waals surface area contributed by atoms with E-state index < -0.39 is 9.84 Å². The van der Waals surface area contributed by atoms with Crippen molar-refractivity contribution in [3.63, 3.8) is 0 Å². The number of nitrogens with one attached hydrogen (secondary N) is 1. The molecule has 0 aliphatic carbocycles. The van der Waals surface area contributed by atoms with E-state index >= 15 is 0 Å². The number of nitrogens with zero attached hydrogens (tertiary/aromatic N) is 1. The lowest BCUT2D eigenvalue weighted by Crippen LogP contribution is -2.32. The smallest absolute Gasteiger partial charge is 0.193 e. The number of guanidine groups is 1. The van der Waals surface area contributed by atoms with Crippen LogP contribution < -0.4 is 11.1 Å². The largest absolute Gasteiger partial charge is 0.370 e. The second kappa shape index (κ2) is 9.60. The third-order valence-corrected chi connectivity index (χ3v) is 6.80. The molecule has 0 amide bonds. The van der Waals surface area contributed by atoms with E-state index in [4.69, 9.17) is 5.73 Å². The van der Waals surface area contributed by atoms with E-state index in [1.807, 2.05) is 12.1 Å². The zero-order valence-electron chi connectivity index (χ0n) is 14.4. The summed E-state index contributed by atoms with van der Waals surface area (Å²) in [5, 5.41) is 2.64. The van der Waals surface area contributed by atoms with Crippen molar-refractivity contribution >= 4 is 45.5 Å². The van der Waals surface area contributed by atoms with Crippen LogP contribution in [0.2, 0.25) is 0 Å². The molecule has 1 aromatic carbocycles. The molecule has 1 aromatic rings. The number of halogens is 1. The third kappa shape index (κ3) is 5.91. The maximum atomic E-state index is 12.0. The van der Waals surface area contributed by atoms with E-state index in [1.54, 1.807) is 0 Å². The molecule has 1 saturated heterocycles. The number of hydrogen-bond donors (Lipinski definition) is 2. The van der Waals surface area contributed by atoms with Crippen LogP contribution >= 0.6 is 24.0 Å². The van der Waals surface area contributed by atoms with E-state index in [2.05, 4.69) is 36.3 Å². The van der Waals surface area contributed by atoms with Crippen LogP contribution in [0, 0.1) is 0 Å². The minimum atomic E-state index is -3.00. The van der Waals surface area contributed by atoms with Gasteiger partial charge in [-0.05, 0) is 42.9 Å². The Labute approximate surface area is 162 Å². The molecule has 24 heavy (non-hydrogen) atoms. The van der Waals surface area contributed by atoms with Crippen LogP contribution in [-0.4, -0.2) is 31.9 Å². The van der Waals surface area contributed by atoms with Gasteiger partial charge >= 0.3 is 0 Å². The molecule has 1 fully saturated rings. The highest BCUT2D eigenvalue weighted by Crippen LogP contribution is 2.21. The molecule has 0 bridgehead atoms. The number of sulfone groups is 1. The number of anilines is 1. The molecule has 5 nitrogen and oxygen atoms in total. The van der Waals surface area contributed by atoms with E-state index in [-0.39, 0.29) is 47.5 Å². The minimum Gasteiger partial charge on any atom is -0.370 e. The number of benzene rings is 1.